The fraction of sp³-hybridized carbons (Fsp3) is 0.286. The Hall–Kier alpha value is -3.15. The number of ether oxygens (including phenoxy) is 1. The molecule has 1 aromatic carbocycles. The van der Waals surface area contributed by atoms with Gasteiger partial charge in [-0.15, -0.1) is 0 Å². The summed E-state index contributed by atoms with van der Waals surface area (Å²) in [6.45, 7) is 1.50. The van der Waals surface area contributed by atoms with Crippen LogP contribution in [-0.2, 0) is 7.05 Å². The van der Waals surface area contributed by atoms with E-state index in [2.05, 4.69) is 14.5 Å². The number of amides is 1. The molecule has 2 aromatic heterocycles. The third kappa shape index (κ3) is 3.84. The van der Waals surface area contributed by atoms with Gasteiger partial charge in [-0.2, -0.15) is 0 Å². The average Bonchev–Trinajstić information content (AvgIpc) is 3.14. The van der Waals surface area contributed by atoms with Crippen molar-refractivity contribution in [3.63, 3.8) is 0 Å². The lowest BCUT2D eigenvalue weighted by molar-refractivity contribution is 0.0711. The van der Waals surface area contributed by atoms with E-state index in [1.807, 2.05) is 54.8 Å². The number of aryl methyl sites for hydroxylation is 1. The maximum Gasteiger partial charge on any atom is 0.253 e. The average molecular weight is 362 g/mol. The minimum atomic E-state index is 0.0462. The van der Waals surface area contributed by atoms with Gasteiger partial charge in [0.15, 0.2) is 0 Å². The van der Waals surface area contributed by atoms with Crippen LogP contribution in [-0.4, -0.2) is 38.4 Å². The molecule has 6 nitrogen and oxygen atoms in total. The van der Waals surface area contributed by atoms with Gasteiger partial charge in [-0.3, -0.25) is 4.79 Å². The lowest BCUT2D eigenvalue weighted by atomic mass is 9.93. The van der Waals surface area contributed by atoms with E-state index in [1.165, 1.54) is 5.69 Å². The normalized spacial score (nSPS) is 14.9. The molecule has 138 valence electrons. The summed E-state index contributed by atoms with van der Waals surface area (Å²) in [5.41, 5.74) is 1.88. The number of nitrogens with zero attached hydrogens (tertiary/aromatic N) is 4. The first kappa shape index (κ1) is 17.3. The number of carbonyl (C=O) groups is 1. The second-order valence-corrected chi connectivity index (χ2v) is 6.79. The van der Waals surface area contributed by atoms with Gasteiger partial charge in [0.25, 0.3) is 5.91 Å². The van der Waals surface area contributed by atoms with Crippen molar-refractivity contribution in [3.8, 4) is 11.6 Å². The van der Waals surface area contributed by atoms with Crippen LogP contribution < -0.4 is 4.74 Å². The molecule has 6 heteroatoms. The van der Waals surface area contributed by atoms with Crippen molar-refractivity contribution < 1.29 is 9.53 Å². The molecular formula is C21H22N4O2. The summed E-state index contributed by atoms with van der Waals surface area (Å²) >= 11 is 0. The van der Waals surface area contributed by atoms with Crippen LogP contribution in [0.2, 0.25) is 0 Å². The zero-order valence-electron chi connectivity index (χ0n) is 15.3. The van der Waals surface area contributed by atoms with Gasteiger partial charge in [0.2, 0.25) is 5.88 Å². The van der Waals surface area contributed by atoms with Gasteiger partial charge in [0.1, 0.15) is 5.75 Å². The van der Waals surface area contributed by atoms with E-state index in [0.29, 0.717) is 23.1 Å². The number of hydrogen-bond acceptors (Lipinski definition) is 4. The predicted octanol–water partition coefficient (Wildman–Crippen LogP) is 3.63. The van der Waals surface area contributed by atoms with E-state index in [0.717, 1.165) is 25.9 Å². The summed E-state index contributed by atoms with van der Waals surface area (Å²) in [7, 11) is 2.02. The highest BCUT2D eigenvalue weighted by atomic mass is 16.5. The van der Waals surface area contributed by atoms with Crippen LogP contribution >= 0.6 is 0 Å². The van der Waals surface area contributed by atoms with Gasteiger partial charge in [-0.05, 0) is 37.1 Å². The lowest BCUT2D eigenvalue weighted by Gasteiger charge is -2.32. The van der Waals surface area contributed by atoms with E-state index in [4.69, 9.17) is 4.74 Å². The standard InChI is InChI=1S/C21H22N4O2/c1-24-15-22-14-19(24)16-8-11-25(12-9-16)21(26)17-5-4-6-18(13-17)27-20-7-2-3-10-23-20/h2-7,10,13-16H,8-9,11-12H2,1H3. The minimum Gasteiger partial charge on any atom is -0.439 e. The Labute approximate surface area is 158 Å². The molecule has 1 amide bonds. The van der Waals surface area contributed by atoms with Crippen molar-refractivity contribution in [1.82, 2.24) is 19.4 Å². The molecule has 1 saturated heterocycles. The summed E-state index contributed by atoms with van der Waals surface area (Å²) in [6.07, 6.45) is 7.35. The lowest BCUT2D eigenvalue weighted by Crippen LogP contribution is -2.38. The zero-order chi connectivity index (χ0) is 18.6. The van der Waals surface area contributed by atoms with Crippen molar-refractivity contribution in [3.05, 3.63) is 72.4 Å². The van der Waals surface area contributed by atoms with Crippen LogP contribution in [0.25, 0.3) is 0 Å². The molecule has 0 unspecified atom stereocenters. The van der Waals surface area contributed by atoms with Gasteiger partial charge >= 0.3 is 0 Å². The van der Waals surface area contributed by atoms with Gasteiger partial charge in [0.05, 0.1) is 6.33 Å². The Balaban J connectivity index is 1.41. The number of pyridine rings is 1. The largest absolute Gasteiger partial charge is 0.439 e. The minimum absolute atomic E-state index is 0.0462. The number of likely N-dealkylation sites (tertiary alicyclic amines) is 1. The Morgan fingerprint density at radius 1 is 1.15 bits per heavy atom. The van der Waals surface area contributed by atoms with Crippen LogP contribution in [0.3, 0.4) is 0 Å². The fourth-order valence-corrected chi connectivity index (χ4v) is 3.54. The fourth-order valence-electron chi connectivity index (χ4n) is 3.54. The van der Waals surface area contributed by atoms with Gasteiger partial charge in [-0.25, -0.2) is 9.97 Å². The first-order chi connectivity index (χ1) is 13.2. The van der Waals surface area contributed by atoms with Crippen molar-refractivity contribution >= 4 is 5.91 Å². The quantitative estimate of drug-likeness (QED) is 0.711. The summed E-state index contributed by atoms with van der Waals surface area (Å²) in [5.74, 6) is 1.63. The highest BCUT2D eigenvalue weighted by Gasteiger charge is 2.26. The van der Waals surface area contributed by atoms with Gasteiger partial charge in [-0.1, -0.05) is 12.1 Å². The molecule has 3 heterocycles. The molecule has 3 aromatic rings. The number of imidazole rings is 1. The summed E-state index contributed by atoms with van der Waals surface area (Å²) < 4.78 is 7.81. The first-order valence-electron chi connectivity index (χ1n) is 9.15. The third-order valence-electron chi connectivity index (χ3n) is 5.00. The predicted molar refractivity (Wildman–Crippen MR) is 102 cm³/mol. The topological polar surface area (TPSA) is 60.2 Å². The van der Waals surface area contributed by atoms with E-state index in [-0.39, 0.29) is 5.91 Å². The maximum absolute atomic E-state index is 12.9. The smallest absolute Gasteiger partial charge is 0.253 e. The highest BCUT2D eigenvalue weighted by molar-refractivity contribution is 5.94. The number of carbonyl (C=O) groups excluding carboxylic acids is 1. The molecule has 1 aliphatic heterocycles. The SMILES string of the molecule is Cn1cncc1C1CCN(C(=O)c2cccc(Oc3ccccn3)c2)CC1. The van der Waals surface area contributed by atoms with E-state index in [1.54, 1.807) is 18.3 Å². The van der Waals surface area contributed by atoms with Crippen molar-refractivity contribution in [2.24, 2.45) is 7.05 Å². The van der Waals surface area contributed by atoms with Crippen molar-refractivity contribution in [2.45, 2.75) is 18.8 Å². The molecule has 0 atom stereocenters. The number of piperidine rings is 1. The number of rotatable bonds is 4. The summed E-state index contributed by atoms with van der Waals surface area (Å²) in [6, 6.07) is 12.8. The van der Waals surface area contributed by atoms with Crippen LogP contribution in [0.4, 0.5) is 0 Å². The maximum atomic E-state index is 12.9. The first-order valence-corrected chi connectivity index (χ1v) is 9.15. The Morgan fingerprint density at radius 2 is 2.00 bits per heavy atom. The molecule has 0 aliphatic carbocycles. The molecule has 0 spiro atoms. The number of aromatic nitrogens is 3. The summed E-state index contributed by atoms with van der Waals surface area (Å²) in [4.78, 5) is 23.2. The Bertz CT molecular complexity index is 915. The molecule has 1 fully saturated rings. The molecule has 0 saturated carbocycles. The van der Waals surface area contributed by atoms with Crippen LogP contribution in [0, 0.1) is 0 Å². The number of hydrogen-bond donors (Lipinski definition) is 0. The molecule has 4 rings (SSSR count). The van der Waals surface area contributed by atoms with Crippen LogP contribution in [0.5, 0.6) is 11.6 Å². The molecule has 0 N–H and O–H groups in total. The number of benzene rings is 1. The summed E-state index contributed by atoms with van der Waals surface area (Å²) in [5, 5.41) is 0. The zero-order valence-corrected chi connectivity index (χ0v) is 15.3. The monoisotopic (exact) mass is 362 g/mol. The van der Waals surface area contributed by atoms with Crippen LogP contribution in [0.1, 0.15) is 34.8 Å². The highest BCUT2D eigenvalue weighted by Crippen LogP contribution is 2.28. The van der Waals surface area contributed by atoms with Gasteiger partial charge < -0.3 is 14.2 Å². The van der Waals surface area contributed by atoms with E-state index < -0.39 is 0 Å². The molecule has 0 radical (unpaired) electrons. The van der Waals surface area contributed by atoms with Crippen LogP contribution in [0.15, 0.2) is 61.2 Å². The van der Waals surface area contributed by atoms with E-state index >= 15 is 0 Å². The Kier molecular flexibility index (Phi) is 4.87. The molecule has 1 aliphatic rings. The Morgan fingerprint density at radius 3 is 2.70 bits per heavy atom. The van der Waals surface area contributed by atoms with E-state index in [9.17, 15) is 4.79 Å². The van der Waals surface area contributed by atoms with Crippen molar-refractivity contribution in [1.29, 1.82) is 0 Å². The molecule has 0 bridgehead atoms. The van der Waals surface area contributed by atoms with Crippen molar-refractivity contribution in [2.75, 3.05) is 13.1 Å². The third-order valence-corrected chi connectivity index (χ3v) is 5.00. The van der Waals surface area contributed by atoms with Gasteiger partial charge in [0, 0.05) is 55.8 Å². The second kappa shape index (κ2) is 7.61. The molecule has 27 heavy (non-hydrogen) atoms. The molecular weight excluding hydrogens is 340 g/mol. The second-order valence-electron chi connectivity index (χ2n) is 6.79.